The highest BCUT2D eigenvalue weighted by Gasteiger charge is 2.29. The number of benzene rings is 2. The zero-order chi connectivity index (χ0) is 14.2. The van der Waals surface area contributed by atoms with E-state index in [9.17, 15) is 8.42 Å². The quantitative estimate of drug-likeness (QED) is 0.803. The smallest absolute Gasteiger partial charge is 0.286 e. The maximum atomic E-state index is 11.8. The van der Waals surface area contributed by atoms with Crippen LogP contribution < -0.4 is 4.74 Å². The van der Waals surface area contributed by atoms with E-state index in [-0.39, 0.29) is 10.8 Å². The Balaban J connectivity index is 1.98. The van der Waals surface area contributed by atoms with Crippen molar-refractivity contribution in [2.45, 2.75) is 4.90 Å². The molecule has 0 bridgehead atoms. The fourth-order valence-electron chi connectivity index (χ4n) is 1.86. The van der Waals surface area contributed by atoms with Gasteiger partial charge in [0.25, 0.3) is 10.0 Å². The van der Waals surface area contributed by atoms with E-state index in [1.54, 1.807) is 42.5 Å². The lowest BCUT2D eigenvalue weighted by molar-refractivity contribution is 0.554. The fraction of sp³-hybridized carbons (Fsp3) is 0. The molecule has 0 aliphatic carbocycles. The lowest BCUT2D eigenvalue weighted by Crippen LogP contribution is -2.07. The van der Waals surface area contributed by atoms with Gasteiger partial charge < -0.3 is 4.74 Å². The highest BCUT2D eigenvalue weighted by molar-refractivity contribution is 7.90. The Morgan fingerprint density at radius 1 is 1.05 bits per heavy atom. The number of hydrogen-bond acceptors (Lipinski definition) is 4. The third kappa shape index (κ3) is 2.04. The van der Waals surface area contributed by atoms with Crippen LogP contribution in [0.3, 0.4) is 0 Å². The molecule has 0 atom stereocenters. The number of ether oxygens (including phenoxy) is 1. The van der Waals surface area contributed by atoms with Gasteiger partial charge in [-0.2, -0.15) is 13.7 Å². The summed E-state index contributed by atoms with van der Waals surface area (Å²) >= 11 is 0. The van der Waals surface area contributed by atoms with Crippen molar-refractivity contribution in [3.63, 3.8) is 0 Å². The van der Waals surface area contributed by atoms with Crippen LogP contribution in [0.25, 0.3) is 0 Å². The lowest BCUT2D eigenvalue weighted by atomic mass is 10.2. The topological polar surface area (TPSA) is 79.5 Å². The van der Waals surface area contributed by atoms with Gasteiger partial charge in [-0.25, -0.2) is 0 Å². The summed E-state index contributed by atoms with van der Waals surface area (Å²) in [5.41, 5.74) is 0.940. The molecule has 0 saturated carbocycles. The molecule has 1 aliphatic rings. The molecule has 0 N–H and O–H groups in total. The largest absolute Gasteiger partial charge is 0.438 e. The molecule has 0 aromatic heterocycles. The van der Waals surface area contributed by atoms with Crippen LogP contribution >= 0.6 is 0 Å². The Hall–Kier alpha value is -2.65. The van der Waals surface area contributed by atoms with Crippen LogP contribution in [0.1, 0.15) is 11.1 Å². The molecular weight excluding hydrogens is 276 g/mol. The summed E-state index contributed by atoms with van der Waals surface area (Å²) in [7, 11) is -3.68. The van der Waals surface area contributed by atoms with Crippen LogP contribution in [0.4, 0.5) is 0 Å². The van der Waals surface area contributed by atoms with Crippen molar-refractivity contribution >= 4 is 15.9 Å². The van der Waals surface area contributed by atoms with Crippen LogP contribution in [0, 0.1) is 11.3 Å². The second-order valence-corrected chi connectivity index (χ2v) is 5.68. The summed E-state index contributed by atoms with van der Waals surface area (Å²) in [6.07, 6.45) is 0. The van der Waals surface area contributed by atoms with E-state index in [2.05, 4.69) is 4.40 Å². The molecule has 0 unspecified atom stereocenters. The maximum absolute atomic E-state index is 11.8. The van der Waals surface area contributed by atoms with Crippen LogP contribution in [-0.4, -0.2) is 14.3 Å². The number of nitriles is 1. The first-order chi connectivity index (χ1) is 9.60. The van der Waals surface area contributed by atoms with E-state index in [4.69, 9.17) is 10.00 Å². The normalized spacial score (nSPS) is 15.1. The molecule has 0 radical (unpaired) electrons. The molecule has 1 heterocycles. The van der Waals surface area contributed by atoms with Crippen LogP contribution in [0.2, 0.25) is 0 Å². The van der Waals surface area contributed by atoms with E-state index < -0.39 is 10.0 Å². The molecule has 0 saturated heterocycles. The predicted molar refractivity (Wildman–Crippen MR) is 71.9 cm³/mol. The molecule has 0 spiro atoms. The predicted octanol–water partition coefficient (Wildman–Crippen LogP) is 2.09. The molecule has 5 nitrogen and oxygen atoms in total. The number of hydrogen-bond donors (Lipinski definition) is 0. The lowest BCUT2D eigenvalue weighted by Gasteiger charge is -2.05. The van der Waals surface area contributed by atoms with Gasteiger partial charge in [0.05, 0.1) is 17.2 Å². The summed E-state index contributed by atoms with van der Waals surface area (Å²) in [5, 5.41) is 8.72. The van der Waals surface area contributed by atoms with Gasteiger partial charge in [-0.05, 0) is 36.4 Å². The molecule has 6 heteroatoms. The van der Waals surface area contributed by atoms with Crippen molar-refractivity contribution in [2.75, 3.05) is 0 Å². The SMILES string of the molecule is N#Cc1ccc(OC2=NS(=O)(=O)c3ccccc32)cc1. The molecule has 0 fully saturated rings. The van der Waals surface area contributed by atoms with Gasteiger partial charge in [0, 0.05) is 0 Å². The van der Waals surface area contributed by atoms with E-state index in [0.717, 1.165) is 0 Å². The van der Waals surface area contributed by atoms with E-state index in [1.165, 1.54) is 6.07 Å². The standard InChI is InChI=1S/C14H8N2O3S/c15-9-10-5-7-11(8-6-10)19-14-12-3-1-2-4-13(12)20(17,18)16-14/h1-8H. The summed E-state index contributed by atoms with van der Waals surface area (Å²) in [5.74, 6) is 0.472. The third-order valence-electron chi connectivity index (χ3n) is 2.80. The second-order valence-electron chi connectivity index (χ2n) is 4.11. The minimum Gasteiger partial charge on any atom is -0.438 e. The van der Waals surface area contributed by atoms with Gasteiger partial charge in [-0.3, -0.25) is 0 Å². The monoisotopic (exact) mass is 284 g/mol. The molecule has 0 amide bonds. The minimum atomic E-state index is -3.68. The molecule has 98 valence electrons. The maximum Gasteiger partial charge on any atom is 0.286 e. The molecular formula is C14H8N2O3S. The Morgan fingerprint density at radius 3 is 2.45 bits per heavy atom. The Kier molecular flexibility index (Phi) is 2.77. The first-order valence-corrected chi connectivity index (χ1v) is 7.16. The summed E-state index contributed by atoms with van der Waals surface area (Å²) in [4.78, 5) is 0.142. The van der Waals surface area contributed by atoms with Gasteiger partial charge in [0.2, 0.25) is 5.90 Å². The Bertz CT molecular complexity index is 847. The van der Waals surface area contributed by atoms with Crippen LogP contribution in [0.15, 0.2) is 57.8 Å². The van der Waals surface area contributed by atoms with Crippen molar-refractivity contribution in [1.29, 1.82) is 5.26 Å². The van der Waals surface area contributed by atoms with Gasteiger partial charge in [0.15, 0.2) is 0 Å². The molecule has 2 aromatic carbocycles. The van der Waals surface area contributed by atoms with Gasteiger partial charge >= 0.3 is 0 Å². The summed E-state index contributed by atoms with van der Waals surface area (Å²) < 4.78 is 32.8. The second kappa shape index (κ2) is 4.47. The average Bonchev–Trinajstić information content (AvgIpc) is 2.72. The van der Waals surface area contributed by atoms with Crippen molar-refractivity contribution in [3.8, 4) is 11.8 Å². The van der Waals surface area contributed by atoms with Gasteiger partial charge in [0.1, 0.15) is 10.6 Å². The van der Waals surface area contributed by atoms with Crippen molar-refractivity contribution in [2.24, 2.45) is 4.40 Å². The number of fused-ring (bicyclic) bond motifs is 1. The van der Waals surface area contributed by atoms with Crippen molar-refractivity contribution < 1.29 is 13.2 Å². The summed E-state index contributed by atoms with van der Waals surface area (Å²) in [6, 6.07) is 14.8. The van der Waals surface area contributed by atoms with Gasteiger partial charge in [-0.15, -0.1) is 4.40 Å². The minimum absolute atomic E-state index is 0.0466. The molecule has 20 heavy (non-hydrogen) atoms. The Labute approximate surface area is 115 Å². The van der Waals surface area contributed by atoms with Crippen LogP contribution in [-0.2, 0) is 10.0 Å². The average molecular weight is 284 g/mol. The van der Waals surface area contributed by atoms with Crippen molar-refractivity contribution in [1.82, 2.24) is 0 Å². The number of nitrogens with zero attached hydrogens (tertiary/aromatic N) is 2. The first kappa shape index (κ1) is 12.4. The fourth-order valence-corrected chi connectivity index (χ4v) is 2.99. The van der Waals surface area contributed by atoms with E-state index in [1.807, 2.05) is 6.07 Å². The highest BCUT2D eigenvalue weighted by atomic mass is 32.2. The first-order valence-electron chi connectivity index (χ1n) is 5.72. The van der Waals surface area contributed by atoms with Crippen molar-refractivity contribution in [3.05, 3.63) is 59.7 Å². The number of sulfonamides is 1. The summed E-state index contributed by atoms with van der Waals surface area (Å²) in [6.45, 7) is 0. The molecule has 2 aromatic rings. The molecule has 1 aliphatic heterocycles. The van der Waals surface area contributed by atoms with Gasteiger partial charge in [-0.1, -0.05) is 12.1 Å². The highest BCUT2D eigenvalue weighted by Crippen LogP contribution is 2.27. The third-order valence-corrected chi connectivity index (χ3v) is 4.11. The molecule has 3 rings (SSSR count). The van der Waals surface area contributed by atoms with E-state index >= 15 is 0 Å². The zero-order valence-corrected chi connectivity index (χ0v) is 11.0. The zero-order valence-electron chi connectivity index (χ0n) is 10.1. The number of rotatable bonds is 1. The Morgan fingerprint density at radius 2 is 1.75 bits per heavy atom. The van der Waals surface area contributed by atoms with E-state index in [0.29, 0.717) is 16.9 Å². The van der Waals surface area contributed by atoms with Crippen LogP contribution in [0.5, 0.6) is 5.75 Å².